The number of anilines is 3. The first kappa shape index (κ1) is 39.0. The molecule has 0 fully saturated rings. The molecule has 0 unspecified atom stereocenters. The molecule has 0 spiro atoms. The highest BCUT2D eigenvalue weighted by Crippen LogP contribution is 2.51. The number of furan rings is 1. The van der Waals surface area contributed by atoms with Gasteiger partial charge in [-0.25, -0.2) is 0 Å². The number of hydrogen-bond donors (Lipinski definition) is 0. The van der Waals surface area contributed by atoms with Crippen LogP contribution in [-0.4, -0.2) is 0 Å². The van der Waals surface area contributed by atoms with Crippen LogP contribution in [0, 0.1) is 0 Å². The van der Waals surface area contributed by atoms with Crippen LogP contribution in [0.15, 0.2) is 241 Å². The first-order valence-electron chi connectivity index (χ1n) is 23.2. The maximum atomic E-state index is 6.98. The van der Waals surface area contributed by atoms with E-state index in [4.69, 9.17) is 4.42 Å². The van der Waals surface area contributed by atoms with Gasteiger partial charge >= 0.3 is 0 Å². The van der Waals surface area contributed by atoms with Crippen molar-refractivity contribution >= 4 is 60.5 Å². The Morgan fingerprint density at radius 2 is 0.821 bits per heavy atom. The Morgan fingerprint density at radius 1 is 0.299 bits per heavy atom. The van der Waals surface area contributed by atoms with Gasteiger partial charge in [-0.3, -0.25) is 0 Å². The van der Waals surface area contributed by atoms with Crippen molar-refractivity contribution in [3.8, 4) is 55.6 Å². The second-order valence-electron chi connectivity index (χ2n) is 18.5. The summed E-state index contributed by atoms with van der Waals surface area (Å²) in [4.78, 5) is 2.40. The Bertz CT molecular complexity index is 3860. The van der Waals surface area contributed by atoms with Crippen molar-refractivity contribution in [1.82, 2.24) is 0 Å². The van der Waals surface area contributed by atoms with Crippen LogP contribution in [0.25, 0.3) is 99.1 Å². The summed E-state index contributed by atoms with van der Waals surface area (Å²) >= 11 is 0. The van der Waals surface area contributed by atoms with Gasteiger partial charge in [0.1, 0.15) is 11.2 Å². The second-order valence-corrected chi connectivity index (χ2v) is 18.5. The van der Waals surface area contributed by atoms with E-state index in [1.54, 1.807) is 0 Å². The Kier molecular flexibility index (Phi) is 8.91. The number of para-hydroxylation sites is 1. The van der Waals surface area contributed by atoms with Gasteiger partial charge in [-0.15, -0.1) is 0 Å². The van der Waals surface area contributed by atoms with Crippen LogP contribution >= 0.6 is 0 Å². The Hall–Kier alpha value is -8.46. The summed E-state index contributed by atoms with van der Waals surface area (Å²) in [5, 5.41) is 7.01. The molecule has 0 aliphatic heterocycles. The lowest BCUT2D eigenvalue weighted by Gasteiger charge is -2.28. The van der Waals surface area contributed by atoms with Crippen LogP contribution in [0.3, 0.4) is 0 Å². The highest BCUT2D eigenvalue weighted by Gasteiger charge is 2.35. The third-order valence-corrected chi connectivity index (χ3v) is 14.3. The van der Waals surface area contributed by atoms with Gasteiger partial charge in [-0.05, 0) is 126 Å². The monoisotopic (exact) mass is 855 g/mol. The first-order chi connectivity index (χ1) is 33.0. The second kappa shape index (κ2) is 15.3. The van der Waals surface area contributed by atoms with Crippen molar-refractivity contribution in [1.29, 1.82) is 0 Å². The van der Waals surface area contributed by atoms with Crippen molar-refractivity contribution in [2.24, 2.45) is 0 Å². The van der Waals surface area contributed by atoms with Gasteiger partial charge in [0.25, 0.3) is 0 Å². The van der Waals surface area contributed by atoms with Gasteiger partial charge in [0, 0.05) is 44.2 Å². The van der Waals surface area contributed by atoms with E-state index >= 15 is 0 Å². The minimum atomic E-state index is -0.125. The zero-order chi connectivity index (χ0) is 44.6. The van der Waals surface area contributed by atoms with Crippen LogP contribution in [0.2, 0.25) is 0 Å². The van der Waals surface area contributed by atoms with Crippen molar-refractivity contribution < 1.29 is 4.42 Å². The first-order valence-corrected chi connectivity index (χ1v) is 23.2. The standard InChI is InChI=1S/C65H45NO/c1-65(2)61-22-11-10-18-55(61)56-38-37-52(40-62(56)65)66(50-33-29-46(30-34-50)45-25-23-44(24-26-45)42-13-4-3-5-14-42)51-35-31-47(32-36-51)53-20-12-21-58-60-41-59(49-28-27-43-15-6-7-16-48(43)39-49)54-17-8-9-19-57(54)64(60)67-63(53)58/h3-41H,1-2H3. The lowest BCUT2D eigenvalue weighted by atomic mass is 9.82. The van der Waals surface area contributed by atoms with E-state index in [9.17, 15) is 0 Å². The van der Waals surface area contributed by atoms with Gasteiger partial charge in [-0.1, -0.05) is 202 Å². The molecule has 0 N–H and O–H groups in total. The Balaban J connectivity index is 0.903. The molecule has 2 heteroatoms. The molecular weight excluding hydrogens is 811 g/mol. The normalized spacial score (nSPS) is 12.7. The molecule has 12 aromatic rings. The molecule has 0 radical (unpaired) electrons. The predicted molar refractivity (Wildman–Crippen MR) is 283 cm³/mol. The van der Waals surface area contributed by atoms with E-state index in [-0.39, 0.29) is 5.41 Å². The average Bonchev–Trinajstić information content (AvgIpc) is 3.88. The zero-order valence-electron chi connectivity index (χ0n) is 37.4. The molecule has 0 amide bonds. The van der Waals surface area contributed by atoms with E-state index in [0.717, 1.165) is 55.5 Å². The number of hydrogen-bond acceptors (Lipinski definition) is 2. The summed E-state index contributed by atoms with van der Waals surface area (Å²) in [7, 11) is 0. The topological polar surface area (TPSA) is 16.4 Å². The van der Waals surface area contributed by atoms with Gasteiger partial charge in [0.2, 0.25) is 0 Å². The van der Waals surface area contributed by atoms with Crippen LogP contribution in [-0.2, 0) is 5.41 Å². The number of rotatable bonds is 7. The van der Waals surface area contributed by atoms with Crippen molar-refractivity contribution in [3.63, 3.8) is 0 Å². The molecule has 1 heterocycles. The van der Waals surface area contributed by atoms with Crippen molar-refractivity contribution in [2.45, 2.75) is 19.3 Å². The highest BCUT2D eigenvalue weighted by molar-refractivity contribution is 6.21. The predicted octanol–water partition coefficient (Wildman–Crippen LogP) is 18.3. The lowest BCUT2D eigenvalue weighted by molar-refractivity contribution is 0.660. The molecule has 13 rings (SSSR count). The summed E-state index contributed by atoms with van der Waals surface area (Å²) in [6.07, 6.45) is 0. The van der Waals surface area contributed by atoms with E-state index in [1.807, 2.05) is 0 Å². The molecule has 67 heavy (non-hydrogen) atoms. The summed E-state index contributed by atoms with van der Waals surface area (Å²) < 4.78 is 6.98. The average molecular weight is 856 g/mol. The van der Waals surface area contributed by atoms with Crippen LogP contribution < -0.4 is 4.90 Å². The van der Waals surface area contributed by atoms with Gasteiger partial charge < -0.3 is 9.32 Å². The van der Waals surface area contributed by atoms with Crippen molar-refractivity contribution in [3.05, 3.63) is 248 Å². The molecule has 0 atom stereocenters. The third-order valence-electron chi connectivity index (χ3n) is 14.3. The molecule has 0 saturated heterocycles. The fraction of sp³-hybridized carbons (Fsp3) is 0.0462. The molecule has 0 saturated carbocycles. The zero-order valence-corrected chi connectivity index (χ0v) is 37.4. The minimum Gasteiger partial charge on any atom is -0.455 e. The largest absolute Gasteiger partial charge is 0.455 e. The maximum Gasteiger partial charge on any atom is 0.143 e. The minimum absolute atomic E-state index is 0.125. The van der Waals surface area contributed by atoms with E-state index in [2.05, 4.69) is 255 Å². The van der Waals surface area contributed by atoms with E-state index in [1.165, 1.54) is 71.8 Å². The van der Waals surface area contributed by atoms with Crippen molar-refractivity contribution in [2.75, 3.05) is 4.90 Å². The van der Waals surface area contributed by atoms with Gasteiger partial charge in [-0.2, -0.15) is 0 Å². The Labute approximate surface area is 390 Å². The SMILES string of the molecule is CC1(C)c2ccccc2-c2ccc(N(c3ccc(-c4ccc(-c5ccccc5)cc4)cc3)c3ccc(-c4cccc5c4oc4c6ccccc6c(-c6ccc7ccccc7c6)cc54)cc3)cc21. The number of nitrogens with zero attached hydrogens (tertiary/aromatic N) is 1. The smallest absolute Gasteiger partial charge is 0.143 e. The summed E-state index contributed by atoms with van der Waals surface area (Å²) in [6.45, 7) is 4.70. The molecule has 11 aromatic carbocycles. The molecule has 1 aliphatic rings. The third kappa shape index (κ3) is 6.40. The number of fused-ring (bicyclic) bond motifs is 9. The molecule has 1 aliphatic carbocycles. The van der Waals surface area contributed by atoms with Crippen LogP contribution in [0.4, 0.5) is 17.1 Å². The van der Waals surface area contributed by atoms with Gasteiger partial charge in [0.05, 0.1) is 0 Å². The highest BCUT2D eigenvalue weighted by atomic mass is 16.3. The summed E-state index contributed by atoms with van der Waals surface area (Å²) in [5.74, 6) is 0. The molecule has 316 valence electrons. The fourth-order valence-corrected chi connectivity index (χ4v) is 10.8. The summed E-state index contributed by atoms with van der Waals surface area (Å²) in [5.41, 5.74) is 19.7. The molecule has 0 bridgehead atoms. The maximum absolute atomic E-state index is 6.98. The quantitative estimate of drug-likeness (QED) is 0.159. The van der Waals surface area contributed by atoms with E-state index in [0.29, 0.717) is 0 Å². The molecular formula is C65H45NO. The Morgan fingerprint density at radius 3 is 1.57 bits per heavy atom. The molecule has 1 aromatic heterocycles. The van der Waals surface area contributed by atoms with E-state index < -0.39 is 0 Å². The van der Waals surface area contributed by atoms with Crippen LogP contribution in [0.1, 0.15) is 25.0 Å². The van der Waals surface area contributed by atoms with Crippen LogP contribution in [0.5, 0.6) is 0 Å². The number of benzene rings is 11. The summed E-state index contributed by atoms with van der Waals surface area (Å²) in [6, 6.07) is 86.2. The molecule has 2 nitrogen and oxygen atoms in total. The lowest BCUT2D eigenvalue weighted by Crippen LogP contribution is -2.16. The van der Waals surface area contributed by atoms with Gasteiger partial charge in [0.15, 0.2) is 0 Å². The fourth-order valence-electron chi connectivity index (χ4n) is 10.8.